The van der Waals surface area contributed by atoms with Crippen LogP contribution in [0.3, 0.4) is 0 Å². The molecular weight excluding hydrogens is 358 g/mol. The Morgan fingerprint density at radius 1 is 1.40 bits per heavy atom. The van der Waals surface area contributed by atoms with Crippen LogP contribution in [0.2, 0.25) is 0 Å². The van der Waals surface area contributed by atoms with E-state index in [2.05, 4.69) is 31.4 Å². The maximum absolute atomic E-state index is 12.0. The molecule has 0 radical (unpaired) electrons. The normalized spacial score (nSPS) is 10.7. The van der Waals surface area contributed by atoms with E-state index in [9.17, 15) is 4.79 Å². The molecule has 4 nitrogen and oxygen atoms in total. The van der Waals surface area contributed by atoms with Gasteiger partial charge in [0.2, 0.25) is 0 Å². The predicted octanol–water partition coefficient (Wildman–Crippen LogP) is 3.89. The minimum absolute atomic E-state index is 0.173. The summed E-state index contributed by atoms with van der Waals surface area (Å²) in [4.78, 5) is 14.2. The highest BCUT2D eigenvalue weighted by Crippen LogP contribution is 2.23. The molecular formula is C13H10BrN3OS2. The van der Waals surface area contributed by atoms with E-state index in [1.54, 1.807) is 28.7 Å². The van der Waals surface area contributed by atoms with Gasteiger partial charge in [-0.05, 0) is 45.6 Å². The Labute approximate surface area is 132 Å². The van der Waals surface area contributed by atoms with Crippen LogP contribution in [-0.4, -0.2) is 16.1 Å². The molecule has 0 atom stereocenters. The monoisotopic (exact) mass is 367 g/mol. The molecule has 0 bridgehead atoms. The first-order valence-corrected chi connectivity index (χ1v) is 8.33. The number of H-pyrrole nitrogens is 1. The van der Waals surface area contributed by atoms with Crippen molar-refractivity contribution in [3.8, 4) is 10.6 Å². The van der Waals surface area contributed by atoms with Crippen molar-refractivity contribution in [3.05, 3.63) is 50.1 Å². The second kappa shape index (κ2) is 5.90. The van der Waals surface area contributed by atoms with Gasteiger partial charge in [-0.25, -0.2) is 0 Å². The van der Waals surface area contributed by atoms with Gasteiger partial charge in [0.1, 0.15) is 0 Å². The fourth-order valence-corrected chi connectivity index (χ4v) is 3.82. The fourth-order valence-electron chi connectivity index (χ4n) is 1.70. The summed E-state index contributed by atoms with van der Waals surface area (Å²) < 4.78 is 1.06. The number of hydrogen-bond donors (Lipinski definition) is 2. The molecule has 0 saturated carbocycles. The average molecular weight is 368 g/mol. The number of nitrogens with zero attached hydrogens (tertiary/aromatic N) is 1. The highest BCUT2D eigenvalue weighted by molar-refractivity contribution is 9.11. The van der Waals surface area contributed by atoms with Crippen molar-refractivity contribution in [2.45, 2.75) is 6.54 Å². The van der Waals surface area contributed by atoms with Gasteiger partial charge in [0.15, 0.2) is 5.69 Å². The number of carbonyl (C=O) groups excluding carboxylic acids is 1. The van der Waals surface area contributed by atoms with Crippen LogP contribution >= 0.6 is 38.6 Å². The quantitative estimate of drug-likeness (QED) is 0.734. The van der Waals surface area contributed by atoms with E-state index in [1.165, 1.54) is 0 Å². The SMILES string of the molecule is O=C(NCc1ccc(Br)s1)c1cc(-c2cccs2)[nH]n1. The number of aromatic amines is 1. The van der Waals surface area contributed by atoms with Crippen LogP contribution < -0.4 is 5.32 Å². The zero-order valence-electron chi connectivity index (χ0n) is 10.2. The summed E-state index contributed by atoms with van der Waals surface area (Å²) in [6.07, 6.45) is 0. The Bertz CT molecular complexity index is 718. The number of amides is 1. The van der Waals surface area contributed by atoms with Crippen LogP contribution in [-0.2, 0) is 6.54 Å². The van der Waals surface area contributed by atoms with Crippen LogP contribution in [0.4, 0.5) is 0 Å². The highest BCUT2D eigenvalue weighted by atomic mass is 79.9. The van der Waals surface area contributed by atoms with Gasteiger partial charge in [-0.3, -0.25) is 9.89 Å². The second-order valence-electron chi connectivity index (χ2n) is 4.03. The summed E-state index contributed by atoms with van der Waals surface area (Å²) in [5.41, 5.74) is 1.27. The van der Waals surface area contributed by atoms with Gasteiger partial charge < -0.3 is 5.32 Å². The van der Waals surface area contributed by atoms with Gasteiger partial charge in [-0.1, -0.05) is 6.07 Å². The van der Waals surface area contributed by atoms with Gasteiger partial charge in [0.25, 0.3) is 5.91 Å². The third kappa shape index (κ3) is 3.00. The van der Waals surface area contributed by atoms with E-state index in [1.807, 2.05) is 29.6 Å². The van der Waals surface area contributed by atoms with Crippen LogP contribution in [0.15, 0.2) is 39.5 Å². The number of rotatable bonds is 4. The van der Waals surface area contributed by atoms with E-state index in [-0.39, 0.29) is 5.91 Å². The smallest absolute Gasteiger partial charge is 0.272 e. The molecule has 0 aromatic carbocycles. The minimum atomic E-state index is -0.173. The molecule has 0 fully saturated rings. The molecule has 20 heavy (non-hydrogen) atoms. The number of carbonyl (C=O) groups is 1. The lowest BCUT2D eigenvalue weighted by Gasteiger charge is -1.99. The molecule has 0 aliphatic carbocycles. The van der Waals surface area contributed by atoms with Gasteiger partial charge >= 0.3 is 0 Å². The van der Waals surface area contributed by atoms with Crippen molar-refractivity contribution in [3.63, 3.8) is 0 Å². The summed E-state index contributed by atoms with van der Waals surface area (Å²) in [5, 5.41) is 11.8. The van der Waals surface area contributed by atoms with Crippen LogP contribution in [0, 0.1) is 0 Å². The topological polar surface area (TPSA) is 57.8 Å². The molecule has 3 rings (SSSR count). The Kier molecular flexibility index (Phi) is 4.00. The Morgan fingerprint density at radius 2 is 2.30 bits per heavy atom. The van der Waals surface area contributed by atoms with Crippen molar-refractivity contribution in [1.29, 1.82) is 0 Å². The van der Waals surface area contributed by atoms with Crippen molar-refractivity contribution in [2.24, 2.45) is 0 Å². The zero-order chi connectivity index (χ0) is 13.9. The van der Waals surface area contributed by atoms with Crippen molar-refractivity contribution < 1.29 is 4.79 Å². The lowest BCUT2D eigenvalue weighted by atomic mass is 10.3. The highest BCUT2D eigenvalue weighted by Gasteiger charge is 2.11. The first-order valence-electron chi connectivity index (χ1n) is 5.84. The third-order valence-electron chi connectivity index (χ3n) is 2.65. The summed E-state index contributed by atoms with van der Waals surface area (Å²) in [7, 11) is 0. The molecule has 3 heterocycles. The fraction of sp³-hybridized carbons (Fsp3) is 0.0769. The van der Waals surface area contributed by atoms with E-state index >= 15 is 0 Å². The summed E-state index contributed by atoms with van der Waals surface area (Å²) in [6.45, 7) is 0.510. The zero-order valence-corrected chi connectivity index (χ0v) is 13.4. The molecule has 7 heteroatoms. The third-order valence-corrected chi connectivity index (χ3v) is 5.18. The molecule has 0 unspecified atom stereocenters. The standard InChI is InChI=1S/C13H10BrN3OS2/c14-12-4-3-8(20-12)7-15-13(18)10-6-9(16-17-10)11-2-1-5-19-11/h1-6H,7H2,(H,15,18)(H,16,17). The molecule has 102 valence electrons. The first kappa shape index (κ1) is 13.5. The van der Waals surface area contributed by atoms with Crippen LogP contribution in [0.5, 0.6) is 0 Å². The Hall–Kier alpha value is -1.44. The van der Waals surface area contributed by atoms with E-state index in [4.69, 9.17) is 0 Å². The number of nitrogens with one attached hydrogen (secondary N) is 2. The molecule has 3 aromatic heterocycles. The van der Waals surface area contributed by atoms with Crippen LogP contribution in [0.1, 0.15) is 15.4 Å². The van der Waals surface area contributed by atoms with E-state index in [0.29, 0.717) is 12.2 Å². The Balaban J connectivity index is 1.65. The van der Waals surface area contributed by atoms with Gasteiger partial charge in [-0.2, -0.15) is 5.10 Å². The summed E-state index contributed by atoms with van der Waals surface area (Å²) >= 11 is 6.61. The molecule has 0 saturated heterocycles. The van der Waals surface area contributed by atoms with E-state index in [0.717, 1.165) is 19.2 Å². The summed E-state index contributed by atoms with van der Waals surface area (Å²) in [6, 6.07) is 9.68. The molecule has 0 spiro atoms. The maximum atomic E-state index is 12.0. The molecule has 1 amide bonds. The first-order chi connectivity index (χ1) is 9.72. The molecule has 2 N–H and O–H groups in total. The van der Waals surface area contributed by atoms with Crippen molar-refractivity contribution in [2.75, 3.05) is 0 Å². The second-order valence-corrected chi connectivity index (χ2v) is 7.53. The van der Waals surface area contributed by atoms with Crippen LogP contribution in [0.25, 0.3) is 10.6 Å². The van der Waals surface area contributed by atoms with Crippen molar-refractivity contribution in [1.82, 2.24) is 15.5 Å². The Morgan fingerprint density at radius 3 is 3.00 bits per heavy atom. The number of thiophene rings is 2. The summed E-state index contributed by atoms with van der Waals surface area (Å²) in [5.74, 6) is -0.173. The lowest BCUT2D eigenvalue weighted by molar-refractivity contribution is 0.0946. The lowest BCUT2D eigenvalue weighted by Crippen LogP contribution is -2.22. The van der Waals surface area contributed by atoms with Gasteiger partial charge in [-0.15, -0.1) is 22.7 Å². The number of aromatic nitrogens is 2. The number of hydrogen-bond acceptors (Lipinski definition) is 4. The average Bonchev–Trinajstić information content (AvgIpc) is 3.16. The largest absolute Gasteiger partial charge is 0.346 e. The molecule has 3 aromatic rings. The minimum Gasteiger partial charge on any atom is -0.346 e. The van der Waals surface area contributed by atoms with Crippen molar-refractivity contribution >= 4 is 44.5 Å². The van der Waals surface area contributed by atoms with E-state index < -0.39 is 0 Å². The molecule has 0 aliphatic rings. The van der Waals surface area contributed by atoms with Gasteiger partial charge in [0, 0.05) is 4.88 Å². The van der Waals surface area contributed by atoms with Gasteiger partial charge in [0.05, 0.1) is 20.9 Å². The predicted molar refractivity (Wildman–Crippen MR) is 85.1 cm³/mol. The number of halogens is 1. The maximum Gasteiger partial charge on any atom is 0.272 e. The molecule has 0 aliphatic heterocycles.